The van der Waals surface area contributed by atoms with Crippen LogP contribution in [-0.2, 0) is 0 Å². The average molecular weight is 473 g/mol. The van der Waals surface area contributed by atoms with Crippen molar-refractivity contribution in [1.82, 2.24) is 30.6 Å². The highest BCUT2D eigenvalue weighted by molar-refractivity contribution is 5.13. The van der Waals surface area contributed by atoms with Crippen molar-refractivity contribution in [2.45, 2.75) is 110 Å². The highest BCUT2D eigenvalue weighted by Crippen LogP contribution is 2.34. The van der Waals surface area contributed by atoms with Crippen LogP contribution in [0, 0.1) is 5.92 Å². The van der Waals surface area contributed by atoms with Gasteiger partial charge in [-0.25, -0.2) is 9.97 Å². The summed E-state index contributed by atoms with van der Waals surface area (Å²) in [6.45, 7) is 9.15. The van der Waals surface area contributed by atoms with E-state index in [1.54, 1.807) is 0 Å². The van der Waals surface area contributed by atoms with E-state index in [1.807, 2.05) is 24.8 Å². The fraction of sp³-hybridized carbons (Fsp3) is 0.786. The molecule has 6 heteroatoms. The van der Waals surface area contributed by atoms with E-state index in [-0.39, 0.29) is 5.92 Å². The SMILES string of the molecule is CCCCCCNCCCCC(CCCCCNCCCCC)C(c1ncc[nH]1)c1ncc[nH]1. The molecule has 0 amide bonds. The van der Waals surface area contributed by atoms with Crippen molar-refractivity contribution >= 4 is 0 Å². The maximum Gasteiger partial charge on any atom is 0.117 e. The maximum atomic E-state index is 4.64. The minimum absolute atomic E-state index is 0.221. The van der Waals surface area contributed by atoms with E-state index in [0.29, 0.717) is 5.92 Å². The van der Waals surface area contributed by atoms with Crippen molar-refractivity contribution in [1.29, 1.82) is 0 Å². The summed E-state index contributed by atoms with van der Waals surface area (Å²) in [6, 6.07) is 0. The lowest BCUT2D eigenvalue weighted by Crippen LogP contribution is -2.20. The number of H-pyrrole nitrogens is 2. The molecule has 1 unspecified atom stereocenters. The molecular formula is C28H52N6. The Morgan fingerprint density at radius 1 is 0.618 bits per heavy atom. The molecule has 4 N–H and O–H groups in total. The first kappa shape index (κ1) is 28.6. The van der Waals surface area contributed by atoms with Crippen LogP contribution in [-0.4, -0.2) is 46.1 Å². The molecule has 0 saturated carbocycles. The Morgan fingerprint density at radius 3 is 1.56 bits per heavy atom. The van der Waals surface area contributed by atoms with Crippen molar-refractivity contribution in [2.75, 3.05) is 26.2 Å². The normalized spacial score (nSPS) is 12.6. The van der Waals surface area contributed by atoms with Gasteiger partial charge in [-0.15, -0.1) is 0 Å². The second kappa shape index (κ2) is 19.6. The second-order valence-electron chi connectivity index (χ2n) is 9.80. The lowest BCUT2D eigenvalue weighted by Gasteiger charge is -2.25. The average Bonchev–Trinajstić information content (AvgIpc) is 3.57. The van der Waals surface area contributed by atoms with Crippen LogP contribution in [0.5, 0.6) is 0 Å². The lowest BCUT2D eigenvalue weighted by atomic mass is 9.82. The van der Waals surface area contributed by atoms with Gasteiger partial charge in [0.1, 0.15) is 11.6 Å². The smallest absolute Gasteiger partial charge is 0.117 e. The number of aromatic amines is 2. The molecule has 2 rings (SSSR count). The minimum Gasteiger partial charge on any atom is -0.348 e. The van der Waals surface area contributed by atoms with Gasteiger partial charge in [-0.05, 0) is 70.6 Å². The summed E-state index contributed by atoms with van der Waals surface area (Å²) in [5.74, 6) is 2.87. The van der Waals surface area contributed by atoms with Crippen molar-refractivity contribution < 1.29 is 0 Å². The molecule has 2 aromatic rings. The zero-order chi connectivity index (χ0) is 24.1. The Bertz CT molecular complexity index is 598. The molecule has 0 aliphatic carbocycles. The van der Waals surface area contributed by atoms with Crippen LogP contribution in [0.2, 0.25) is 0 Å². The number of aromatic nitrogens is 4. The number of unbranched alkanes of at least 4 members (excludes halogenated alkanes) is 8. The van der Waals surface area contributed by atoms with Gasteiger partial charge in [0, 0.05) is 24.8 Å². The van der Waals surface area contributed by atoms with Gasteiger partial charge in [-0.1, -0.05) is 65.2 Å². The van der Waals surface area contributed by atoms with E-state index < -0.39 is 0 Å². The van der Waals surface area contributed by atoms with E-state index in [0.717, 1.165) is 31.3 Å². The van der Waals surface area contributed by atoms with E-state index in [9.17, 15) is 0 Å². The van der Waals surface area contributed by atoms with E-state index in [2.05, 4.69) is 44.4 Å². The fourth-order valence-corrected chi connectivity index (χ4v) is 4.87. The summed E-state index contributed by atoms with van der Waals surface area (Å²) in [4.78, 5) is 16.0. The Labute approximate surface area is 208 Å². The zero-order valence-corrected chi connectivity index (χ0v) is 22.1. The van der Waals surface area contributed by atoms with Crippen molar-refractivity contribution in [3.63, 3.8) is 0 Å². The molecule has 1 atom stereocenters. The van der Waals surface area contributed by atoms with Crippen LogP contribution in [0.15, 0.2) is 24.8 Å². The second-order valence-corrected chi connectivity index (χ2v) is 9.80. The first-order valence-corrected chi connectivity index (χ1v) is 14.3. The molecule has 34 heavy (non-hydrogen) atoms. The zero-order valence-electron chi connectivity index (χ0n) is 22.1. The van der Waals surface area contributed by atoms with Gasteiger partial charge in [0.25, 0.3) is 0 Å². The molecule has 2 aromatic heterocycles. The van der Waals surface area contributed by atoms with E-state index in [1.165, 1.54) is 96.4 Å². The van der Waals surface area contributed by atoms with Gasteiger partial charge in [-0.2, -0.15) is 0 Å². The molecule has 0 aromatic carbocycles. The number of rotatable bonds is 23. The Kier molecular flexibility index (Phi) is 16.5. The highest BCUT2D eigenvalue weighted by Gasteiger charge is 2.28. The molecule has 0 radical (unpaired) electrons. The molecular weight excluding hydrogens is 420 g/mol. The molecule has 2 heterocycles. The van der Waals surface area contributed by atoms with Crippen LogP contribution in [0.25, 0.3) is 0 Å². The molecule has 194 valence electrons. The molecule has 0 fully saturated rings. The first-order chi connectivity index (χ1) is 16.9. The predicted octanol–water partition coefficient (Wildman–Crippen LogP) is 6.56. The minimum atomic E-state index is 0.221. The van der Waals surface area contributed by atoms with Crippen LogP contribution < -0.4 is 10.6 Å². The molecule has 0 aliphatic heterocycles. The van der Waals surface area contributed by atoms with Gasteiger partial charge >= 0.3 is 0 Å². The fourth-order valence-electron chi connectivity index (χ4n) is 4.87. The maximum absolute atomic E-state index is 4.64. The number of hydrogen-bond acceptors (Lipinski definition) is 4. The van der Waals surface area contributed by atoms with Gasteiger partial charge in [0.2, 0.25) is 0 Å². The third kappa shape index (κ3) is 12.2. The van der Waals surface area contributed by atoms with Gasteiger partial charge in [0.05, 0.1) is 5.92 Å². The summed E-state index contributed by atoms with van der Waals surface area (Å²) >= 11 is 0. The quantitative estimate of drug-likeness (QED) is 0.138. The first-order valence-electron chi connectivity index (χ1n) is 14.3. The van der Waals surface area contributed by atoms with Crippen LogP contribution in [0.3, 0.4) is 0 Å². The number of hydrogen-bond donors (Lipinski definition) is 4. The molecule has 6 nitrogen and oxygen atoms in total. The Morgan fingerprint density at radius 2 is 1.06 bits per heavy atom. The summed E-state index contributed by atoms with van der Waals surface area (Å²) in [5.41, 5.74) is 0. The predicted molar refractivity (Wildman–Crippen MR) is 144 cm³/mol. The van der Waals surface area contributed by atoms with Crippen LogP contribution >= 0.6 is 0 Å². The highest BCUT2D eigenvalue weighted by atomic mass is 15.0. The Balaban J connectivity index is 1.78. The van der Waals surface area contributed by atoms with Gasteiger partial charge in [0.15, 0.2) is 0 Å². The van der Waals surface area contributed by atoms with Crippen LogP contribution in [0.4, 0.5) is 0 Å². The van der Waals surface area contributed by atoms with Gasteiger partial charge in [-0.3, -0.25) is 0 Å². The molecule has 0 spiro atoms. The standard InChI is InChI=1S/C28H52N6/c1-3-5-7-12-18-30-20-14-10-16-25(15-9-8-13-19-29-17-11-6-4-2)26(27-31-21-22-32-27)28-33-23-24-34-28/h21-26,29-30H,3-20H2,1-2H3,(H,31,32)(H,33,34). The molecule has 0 saturated heterocycles. The third-order valence-corrected chi connectivity index (χ3v) is 6.87. The van der Waals surface area contributed by atoms with Crippen molar-refractivity contribution in [2.24, 2.45) is 5.92 Å². The monoisotopic (exact) mass is 472 g/mol. The largest absolute Gasteiger partial charge is 0.348 e. The van der Waals surface area contributed by atoms with E-state index >= 15 is 0 Å². The van der Waals surface area contributed by atoms with E-state index in [4.69, 9.17) is 0 Å². The lowest BCUT2D eigenvalue weighted by molar-refractivity contribution is 0.355. The molecule has 0 aliphatic rings. The third-order valence-electron chi connectivity index (χ3n) is 6.87. The Hall–Kier alpha value is -1.66. The van der Waals surface area contributed by atoms with Crippen LogP contribution in [0.1, 0.15) is 121 Å². The summed E-state index contributed by atoms with van der Waals surface area (Å²) in [7, 11) is 0. The molecule has 0 bridgehead atoms. The van der Waals surface area contributed by atoms with Crippen molar-refractivity contribution in [3.8, 4) is 0 Å². The summed E-state index contributed by atoms with van der Waals surface area (Å²) in [5, 5.41) is 7.25. The van der Waals surface area contributed by atoms with Gasteiger partial charge < -0.3 is 20.6 Å². The number of imidazole rings is 2. The number of nitrogens with zero attached hydrogens (tertiary/aromatic N) is 2. The summed E-state index contributed by atoms with van der Waals surface area (Å²) < 4.78 is 0. The number of nitrogens with one attached hydrogen (secondary N) is 4. The topological polar surface area (TPSA) is 81.4 Å². The summed E-state index contributed by atoms with van der Waals surface area (Å²) in [6.07, 6.45) is 25.7. The van der Waals surface area contributed by atoms with Crippen molar-refractivity contribution in [3.05, 3.63) is 36.4 Å².